The monoisotopic (exact) mass is 810 g/mol. The van der Waals surface area contributed by atoms with Gasteiger partial charge in [-0.25, -0.2) is 9.78 Å². The quantitative estimate of drug-likeness (QED) is 0.172. The molecular weight excluding hydrogens is 745 g/mol. The first-order chi connectivity index (χ1) is 27.4. The van der Waals surface area contributed by atoms with Gasteiger partial charge >= 0.3 is 12.1 Å². The minimum Gasteiger partial charge on any atom is -0.458 e. The molecule has 0 saturated carbocycles. The molecule has 4 heterocycles. The van der Waals surface area contributed by atoms with Crippen LogP contribution in [0, 0.1) is 23.7 Å². The van der Waals surface area contributed by atoms with Gasteiger partial charge in [0.05, 0.1) is 35.9 Å². The second-order valence-electron chi connectivity index (χ2n) is 17.4. The summed E-state index contributed by atoms with van der Waals surface area (Å²) in [5.74, 6) is -4.92. The highest BCUT2D eigenvalue weighted by Crippen LogP contribution is 2.43. The molecule has 1 N–H and O–H groups in total. The Kier molecular flexibility index (Phi) is 14.6. The van der Waals surface area contributed by atoms with Crippen LogP contribution in [0.15, 0.2) is 42.9 Å². The maximum atomic E-state index is 14.7. The van der Waals surface area contributed by atoms with Crippen LogP contribution in [0.2, 0.25) is 0 Å². The Labute approximate surface area is 343 Å². The summed E-state index contributed by atoms with van der Waals surface area (Å²) < 4.78 is 33.3. The van der Waals surface area contributed by atoms with Crippen LogP contribution >= 0.6 is 0 Å². The molecule has 1 amide bonds. The molecule has 0 unspecified atom stereocenters. The van der Waals surface area contributed by atoms with Gasteiger partial charge in [0, 0.05) is 55.8 Å². The molecule has 0 radical (unpaired) electrons. The number of aliphatic hydroxyl groups is 1. The second kappa shape index (κ2) is 18.7. The average molecular weight is 811 g/mol. The molecule has 3 aliphatic heterocycles. The Morgan fingerprint density at radius 3 is 2.28 bits per heavy atom. The number of fused-ring (bicyclic) bond motifs is 1. The van der Waals surface area contributed by atoms with Crippen LogP contribution in [0.5, 0.6) is 0 Å². The number of aliphatic hydroxyl groups excluding tert-OH is 1. The summed E-state index contributed by atoms with van der Waals surface area (Å²) in [5.41, 5.74) is -0.755. The summed E-state index contributed by atoms with van der Waals surface area (Å²) in [6.07, 6.45) is 1.10. The van der Waals surface area contributed by atoms with E-state index in [0.29, 0.717) is 25.9 Å². The van der Waals surface area contributed by atoms with Crippen LogP contribution in [0.3, 0.4) is 0 Å². The number of benzene rings is 1. The standard InChI is InChI=1S/C44H66N4O10/c1-12-34-44(8)38(48(42(53)58-44)21-17-16-20-47-24-32(45-25-47)31-18-14-13-15-19-31)28(4)35(49)26(2)23-43(7,54-11)39(29(5)36(50)30(6)40(52)56-34)57-41-37(51)33(46(9)10)22-27(3)55-41/h13-15,18-19,24-30,33-34,37-39,41,51H,12,16-17,20-23H2,1-11H3/t26-,27-,28+,29+,30-,33+,34-,37-,38-,39-,41+,43-,44-/m1/s1. The highest BCUT2D eigenvalue weighted by Gasteiger charge is 2.60. The van der Waals surface area contributed by atoms with Gasteiger partial charge in [-0.15, -0.1) is 0 Å². The lowest BCUT2D eigenvalue weighted by molar-refractivity contribution is -0.295. The van der Waals surface area contributed by atoms with Gasteiger partial charge in [0.25, 0.3) is 0 Å². The fourth-order valence-electron chi connectivity index (χ4n) is 9.53. The summed E-state index contributed by atoms with van der Waals surface area (Å²) in [6.45, 7) is 15.0. The highest BCUT2D eigenvalue weighted by molar-refractivity contribution is 6.00. The first-order valence-electron chi connectivity index (χ1n) is 20.9. The molecule has 1 aromatic carbocycles. The van der Waals surface area contributed by atoms with Gasteiger partial charge in [-0.05, 0) is 73.9 Å². The average Bonchev–Trinajstić information content (AvgIpc) is 3.78. The molecule has 0 aliphatic carbocycles. The maximum Gasteiger partial charge on any atom is 0.410 e. The number of carbonyl (C=O) groups excluding carboxylic acids is 4. The van der Waals surface area contributed by atoms with E-state index in [1.807, 2.05) is 80.9 Å². The van der Waals surface area contributed by atoms with E-state index in [1.165, 1.54) is 14.0 Å². The van der Waals surface area contributed by atoms with E-state index in [2.05, 4.69) is 4.98 Å². The van der Waals surface area contributed by atoms with Gasteiger partial charge in [0.2, 0.25) is 0 Å². The lowest BCUT2D eigenvalue weighted by Crippen LogP contribution is -2.60. The second-order valence-corrected chi connectivity index (χ2v) is 17.4. The Bertz CT molecular complexity index is 1740. The first-order valence-corrected chi connectivity index (χ1v) is 20.9. The number of likely N-dealkylation sites (N-methyl/N-ethyl adjacent to an activating group) is 1. The fraction of sp³-hybridized carbons (Fsp3) is 0.705. The summed E-state index contributed by atoms with van der Waals surface area (Å²) >= 11 is 0. The van der Waals surface area contributed by atoms with Crippen molar-refractivity contribution in [3.05, 3.63) is 42.9 Å². The van der Waals surface area contributed by atoms with E-state index in [9.17, 15) is 24.3 Å². The molecule has 13 atom stereocenters. The molecule has 5 rings (SSSR count). The van der Waals surface area contributed by atoms with Crippen LogP contribution in [-0.4, -0.2) is 130 Å². The SMILES string of the molecule is CC[C@H]1OC(=O)[C@H](C)C(=O)[C@H](C)[C@@H](O[C@@H]2O[C@H](C)C[C@H](N(C)C)[C@H]2O)[C@](C)(OC)C[C@@H](C)C(=O)[C@H](C)[C@H]2N(CCCCn3cnc(-c4ccccc4)c3)C(=O)O[C@]12C. The summed E-state index contributed by atoms with van der Waals surface area (Å²) in [6, 6.07) is 8.88. The van der Waals surface area contributed by atoms with Crippen LogP contribution in [0.25, 0.3) is 11.3 Å². The predicted octanol–water partition coefficient (Wildman–Crippen LogP) is 5.53. The number of cyclic esters (lactones) is 1. The number of ketones is 2. The molecule has 322 valence electrons. The van der Waals surface area contributed by atoms with Crippen molar-refractivity contribution in [2.75, 3.05) is 27.7 Å². The van der Waals surface area contributed by atoms with Gasteiger partial charge in [0.1, 0.15) is 23.9 Å². The van der Waals surface area contributed by atoms with Crippen LogP contribution in [0.4, 0.5) is 4.79 Å². The predicted molar refractivity (Wildman–Crippen MR) is 216 cm³/mol. The third-order valence-electron chi connectivity index (χ3n) is 12.9. The number of carbonyl (C=O) groups is 4. The highest BCUT2D eigenvalue weighted by atomic mass is 16.7. The van der Waals surface area contributed by atoms with Crippen molar-refractivity contribution < 1.29 is 48.0 Å². The van der Waals surface area contributed by atoms with Crippen molar-refractivity contribution in [1.29, 1.82) is 0 Å². The minimum atomic E-state index is -1.39. The van der Waals surface area contributed by atoms with Crippen molar-refractivity contribution >= 4 is 23.6 Å². The smallest absolute Gasteiger partial charge is 0.410 e. The number of imidazole rings is 1. The third-order valence-corrected chi connectivity index (χ3v) is 12.9. The first kappa shape index (κ1) is 45.4. The molecule has 14 nitrogen and oxygen atoms in total. The number of amides is 1. The fourth-order valence-corrected chi connectivity index (χ4v) is 9.53. The van der Waals surface area contributed by atoms with Gasteiger partial charge in [-0.1, -0.05) is 58.0 Å². The number of aryl methyl sites for hydroxylation is 1. The Balaban J connectivity index is 1.43. The molecule has 58 heavy (non-hydrogen) atoms. The van der Waals surface area contributed by atoms with Gasteiger partial charge in [-0.3, -0.25) is 14.4 Å². The van der Waals surface area contributed by atoms with Crippen molar-refractivity contribution in [1.82, 2.24) is 19.4 Å². The molecule has 0 spiro atoms. The van der Waals surface area contributed by atoms with E-state index in [1.54, 1.807) is 38.9 Å². The lowest BCUT2D eigenvalue weighted by Gasteiger charge is -2.47. The number of methoxy groups -OCH3 is 1. The Hall–Kier alpha value is -3.69. The number of aromatic nitrogens is 2. The number of rotatable bonds is 11. The maximum absolute atomic E-state index is 14.7. The van der Waals surface area contributed by atoms with Crippen molar-refractivity contribution in [3.63, 3.8) is 0 Å². The van der Waals surface area contributed by atoms with Gasteiger partial charge < -0.3 is 43.2 Å². The molecule has 14 heteroatoms. The van der Waals surface area contributed by atoms with Crippen molar-refractivity contribution in [3.8, 4) is 11.3 Å². The van der Waals surface area contributed by atoms with Crippen molar-refractivity contribution in [2.45, 2.75) is 148 Å². The van der Waals surface area contributed by atoms with E-state index in [-0.39, 0.29) is 30.8 Å². The number of unbranched alkanes of at least 4 members (excludes halogenated alkanes) is 1. The number of esters is 1. The van der Waals surface area contributed by atoms with E-state index in [0.717, 1.165) is 17.7 Å². The number of Topliss-reactive ketones (excluding diaryl/α,β-unsaturated/α-hetero) is 2. The molecule has 1 aromatic heterocycles. The largest absolute Gasteiger partial charge is 0.458 e. The zero-order valence-electron chi connectivity index (χ0n) is 36.3. The topological polar surface area (TPSA) is 159 Å². The third kappa shape index (κ3) is 9.36. The number of hydrogen-bond donors (Lipinski definition) is 1. The summed E-state index contributed by atoms with van der Waals surface area (Å²) in [4.78, 5) is 64.9. The summed E-state index contributed by atoms with van der Waals surface area (Å²) in [5, 5.41) is 11.4. The molecule has 3 aliphatic rings. The number of nitrogens with zero attached hydrogens (tertiary/aromatic N) is 4. The van der Waals surface area contributed by atoms with E-state index >= 15 is 0 Å². The van der Waals surface area contributed by atoms with Crippen LogP contribution in [0.1, 0.15) is 87.5 Å². The van der Waals surface area contributed by atoms with E-state index in [4.69, 9.17) is 23.7 Å². The molecule has 3 saturated heterocycles. The Morgan fingerprint density at radius 2 is 1.64 bits per heavy atom. The van der Waals surface area contributed by atoms with Gasteiger partial charge in [0.15, 0.2) is 17.7 Å². The molecule has 2 aromatic rings. The van der Waals surface area contributed by atoms with E-state index < -0.39 is 83.4 Å². The van der Waals surface area contributed by atoms with Crippen LogP contribution in [-0.2, 0) is 44.6 Å². The zero-order valence-corrected chi connectivity index (χ0v) is 36.3. The molecule has 3 fully saturated rings. The van der Waals surface area contributed by atoms with Crippen molar-refractivity contribution in [2.24, 2.45) is 23.7 Å². The molecule has 0 bridgehead atoms. The number of ether oxygens (including phenoxy) is 5. The minimum absolute atomic E-state index is 0.134. The van der Waals surface area contributed by atoms with Crippen LogP contribution < -0.4 is 0 Å². The lowest BCUT2D eigenvalue weighted by atomic mass is 9.73. The summed E-state index contributed by atoms with van der Waals surface area (Å²) in [7, 11) is 5.25. The normalized spacial score (nSPS) is 36.7. The Morgan fingerprint density at radius 1 is 0.966 bits per heavy atom. The zero-order chi connectivity index (χ0) is 42.7. The number of hydrogen-bond acceptors (Lipinski definition) is 12. The van der Waals surface area contributed by atoms with Gasteiger partial charge in [-0.2, -0.15) is 0 Å². The molecular formula is C44H66N4O10.